The maximum Gasteiger partial charge on any atom is 0.314 e. The maximum absolute atomic E-state index is 12.1. The summed E-state index contributed by atoms with van der Waals surface area (Å²) in [5.74, 6) is 3.62. The zero-order valence-corrected chi connectivity index (χ0v) is 14.0. The third-order valence-electron chi connectivity index (χ3n) is 3.31. The van der Waals surface area contributed by atoms with Gasteiger partial charge in [-0.2, -0.15) is 0 Å². The molecule has 1 aliphatic rings. The Bertz CT molecular complexity index is 585. The molecule has 2 nitrogen and oxygen atoms in total. The standard InChI is InChI=1S/C18H22O2Si/c1-21(2,3)13-7-10-17-12-11-16(18(19)20-17)14-15-8-5-4-6-9-15/h4-6,8-10,16H,11-12,14H2,1-3H3/b17-10+. The molecule has 0 saturated carbocycles. The zero-order valence-electron chi connectivity index (χ0n) is 13.0. The molecule has 0 bridgehead atoms. The molecule has 0 spiro atoms. The molecular weight excluding hydrogens is 276 g/mol. The van der Waals surface area contributed by atoms with Crippen molar-refractivity contribution in [1.29, 1.82) is 0 Å². The Morgan fingerprint density at radius 3 is 2.62 bits per heavy atom. The summed E-state index contributed by atoms with van der Waals surface area (Å²) in [4.78, 5) is 12.1. The second kappa shape index (κ2) is 6.78. The van der Waals surface area contributed by atoms with Crippen molar-refractivity contribution in [2.45, 2.75) is 38.9 Å². The molecule has 0 aromatic heterocycles. The van der Waals surface area contributed by atoms with Crippen LogP contribution in [-0.4, -0.2) is 14.0 Å². The summed E-state index contributed by atoms with van der Waals surface area (Å²) in [5, 5.41) is 0. The molecule has 0 amide bonds. The molecule has 0 radical (unpaired) electrons. The van der Waals surface area contributed by atoms with Crippen LogP contribution >= 0.6 is 0 Å². The highest BCUT2D eigenvalue weighted by Gasteiger charge is 2.26. The Kier molecular flexibility index (Phi) is 5.03. The van der Waals surface area contributed by atoms with Gasteiger partial charge in [-0.25, -0.2) is 0 Å². The van der Waals surface area contributed by atoms with Gasteiger partial charge in [0, 0.05) is 12.5 Å². The second-order valence-corrected chi connectivity index (χ2v) is 11.2. The number of cyclic esters (lactones) is 1. The Balaban J connectivity index is 1.94. The van der Waals surface area contributed by atoms with Gasteiger partial charge in [-0.3, -0.25) is 4.79 Å². The highest BCUT2D eigenvalue weighted by atomic mass is 28.3. The van der Waals surface area contributed by atoms with Crippen molar-refractivity contribution in [1.82, 2.24) is 0 Å². The molecule has 1 aromatic rings. The topological polar surface area (TPSA) is 26.3 Å². The van der Waals surface area contributed by atoms with Crippen LogP contribution in [0.15, 0.2) is 42.2 Å². The molecule has 0 N–H and O–H groups in total. The first-order chi connectivity index (χ1) is 9.94. The molecule has 1 fully saturated rings. The molecule has 2 rings (SSSR count). The minimum absolute atomic E-state index is 0.0329. The predicted molar refractivity (Wildman–Crippen MR) is 88.2 cm³/mol. The van der Waals surface area contributed by atoms with Crippen molar-refractivity contribution in [2.75, 3.05) is 0 Å². The summed E-state index contributed by atoms with van der Waals surface area (Å²) < 4.78 is 5.42. The Hall–Kier alpha value is -1.79. The number of hydrogen-bond acceptors (Lipinski definition) is 2. The van der Waals surface area contributed by atoms with Crippen molar-refractivity contribution in [2.24, 2.45) is 5.92 Å². The van der Waals surface area contributed by atoms with Crippen LogP contribution in [0, 0.1) is 17.4 Å². The minimum atomic E-state index is -1.37. The van der Waals surface area contributed by atoms with Gasteiger partial charge in [-0.1, -0.05) is 55.9 Å². The van der Waals surface area contributed by atoms with E-state index in [0.29, 0.717) is 0 Å². The average molecular weight is 298 g/mol. The molecule has 1 saturated heterocycles. The average Bonchev–Trinajstić information content (AvgIpc) is 2.41. The van der Waals surface area contributed by atoms with Crippen molar-refractivity contribution < 1.29 is 9.53 Å². The first-order valence-electron chi connectivity index (χ1n) is 7.41. The smallest absolute Gasteiger partial charge is 0.314 e. The number of carbonyl (C=O) groups is 1. The molecule has 1 unspecified atom stereocenters. The van der Waals surface area contributed by atoms with Crippen molar-refractivity contribution in [3.05, 3.63) is 47.7 Å². The van der Waals surface area contributed by atoms with Gasteiger partial charge in [0.15, 0.2) is 0 Å². The lowest BCUT2D eigenvalue weighted by Gasteiger charge is -2.22. The number of carbonyl (C=O) groups excluding carboxylic acids is 1. The lowest BCUT2D eigenvalue weighted by molar-refractivity contribution is -0.147. The maximum atomic E-state index is 12.1. The summed E-state index contributed by atoms with van der Waals surface area (Å²) in [6, 6.07) is 10.1. The van der Waals surface area contributed by atoms with E-state index < -0.39 is 8.07 Å². The Morgan fingerprint density at radius 1 is 1.29 bits per heavy atom. The summed E-state index contributed by atoms with van der Waals surface area (Å²) in [6.07, 6.45) is 4.17. The first kappa shape index (κ1) is 15.6. The highest BCUT2D eigenvalue weighted by molar-refractivity contribution is 6.83. The SMILES string of the molecule is C[Si](C)(C)C#C/C=C1\CCC(Cc2ccccc2)C(=O)O1. The van der Waals surface area contributed by atoms with Crippen LogP contribution in [0.4, 0.5) is 0 Å². The van der Waals surface area contributed by atoms with E-state index in [1.165, 1.54) is 5.56 Å². The van der Waals surface area contributed by atoms with E-state index in [-0.39, 0.29) is 11.9 Å². The number of hydrogen-bond donors (Lipinski definition) is 0. The van der Waals surface area contributed by atoms with Gasteiger partial charge < -0.3 is 4.74 Å². The zero-order chi connectivity index (χ0) is 15.3. The van der Waals surface area contributed by atoms with Gasteiger partial charge in [0.05, 0.1) is 5.92 Å². The van der Waals surface area contributed by atoms with Gasteiger partial charge in [-0.05, 0) is 18.4 Å². The number of rotatable bonds is 2. The summed E-state index contributed by atoms with van der Waals surface area (Å²) in [7, 11) is -1.37. The van der Waals surface area contributed by atoms with E-state index in [9.17, 15) is 4.79 Å². The van der Waals surface area contributed by atoms with Crippen LogP contribution in [0.2, 0.25) is 19.6 Å². The van der Waals surface area contributed by atoms with Gasteiger partial charge in [0.1, 0.15) is 13.8 Å². The van der Waals surface area contributed by atoms with Crippen LogP contribution in [0.3, 0.4) is 0 Å². The highest BCUT2D eigenvalue weighted by Crippen LogP contribution is 2.25. The number of benzene rings is 1. The van der Waals surface area contributed by atoms with E-state index in [2.05, 4.69) is 43.2 Å². The third-order valence-corrected chi connectivity index (χ3v) is 4.20. The normalized spacial score (nSPS) is 20.6. The fourth-order valence-electron chi connectivity index (χ4n) is 2.22. The largest absolute Gasteiger partial charge is 0.430 e. The first-order valence-corrected chi connectivity index (χ1v) is 10.9. The van der Waals surface area contributed by atoms with E-state index in [1.807, 2.05) is 18.2 Å². The minimum Gasteiger partial charge on any atom is -0.430 e. The molecule has 3 heteroatoms. The molecule has 1 aromatic carbocycles. The molecular formula is C18H22O2Si. The van der Waals surface area contributed by atoms with Crippen LogP contribution < -0.4 is 0 Å². The molecule has 1 heterocycles. The van der Waals surface area contributed by atoms with E-state index in [1.54, 1.807) is 6.08 Å². The van der Waals surface area contributed by atoms with Crippen LogP contribution in [0.1, 0.15) is 18.4 Å². The number of ether oxygens (including phenoxy) is 1. The molecule has 21 heavy (non-hydrogen) atoms. The van der Waals surface area contributed by atoms with Crippen LogP contribution in [0.5, 0.6) is 0 Å². The van der Waals surface area contributed by atoms with Crippen molar-refractivity contribution >= 4 is 14.0 Å². The van der Waals surface area contributed by atoms with Gasteiger partial charge in [0.25, 0.3) is 0 Å². The summed E-state index contributed by atoms with van der Waals surface area (Å²) >= 11 is 0. The molecule has 0 aliphatic carbocycles. The van der Waals surface area contributed by atoms with Crippen LogP contribution in [0.25, 0.3) is 0 Å². The van der Waals surface area contributed by atoms with E-state index in [0.717, 1.165) is 25.0 Å². The summed E-state index contributed by atoms with van der Waals surface area (Å²) in [6.45, 7) is 6.59. The molecule has 1 aliphatic heterocycles. The van der Waals surface area contributed by atoms with Crippen molar-refractivity contribution in [3.8, 4) is 11.5 Å². The second-order valence-electron chi connectivity index (χ2n) is 6.48. The van der Waals surface area contributed by atoms with E-state index in [4.69, 9.17) is 4.74 Å². The quantitative estimate of drug-likeness (QED) is 0.469. The Labute approximate surface area is 128 Å². The lowest BCUT2D eigenvalue weighted by Crippen LogP contribution is -2.24. The van der Waals surface area contributed by atoms with Gasteiger partial charge in [0.2, 0.25) is 0 Å². The van der Waals surface area contributed by atoms with Crippen molar-refractivity contribution in [3.63, 3.8) is 0 Å². The third kappa shape index (κ3) is 5.24. The Morgan fingerprint density at radius 2 is 2.00 bits per heavy atom. The van der Waals surface area contributed by atoms with Gasteiger partial charge in [-0.15, -0.1) is 5.54 Å². The fraction of sp³-hybridized carbons (Fsp3) is 0.389. The van der Waals surface area contributed by atoms with Gasteiger partial charge >= 0.3 is 5.97 Å². The summed E-state index contributed by atoms with van der Waals surface area (Å²) in [5.41, 5.74) is 4.44. The van der Waals surface area contributed by atoms with Crippen LogP contribution in [-0.2, 0) is 16.0 Å². The number of allylic oxidation sites excluding steroid dienone is 2. The fourth-order valence-corrected chi connectivity index (χ4v) is 2.72. The molecule has 110 valence electrons. The van der Waals surface area contributed by atoms with E-state index >= 15 is 0 Å². The number of esters is 1. The predicted octanol–water partition coefficient (Wildman–Crippen LogP) is 3.95. The molecule has 1 atom stereocenters. The monoisotopic (exact) mass is 298 g/mol. The lowest BCUT2D eigenvalue weighted by atomic mass is 9.92.